The number of hydrogen-bond acceptors (Lipinski definition) is 6. The number of amides is 1. The largest absolute Gasteiger partial charge is 0.396 e. The number of anilines is 1. The highest BCUT2D eigenvalue weighted by atomic mass is 32.1. The molecule has 0 spiro atoms. The number of nitrogens with two attached hydrogens (primary N) is 1. The SMILES string of the molecule is CN1CCCC(NC(=O)c2sc3nccnc3c2N)C1. The predicted molar refractivity (Wildman–Crippen MR) is 79.8 cm³/mol. The van der Waals surface area contributed by atoms with Crippen molar-refractivity contribution in [3.8, 4) is 0 Å². The highest BCUT2D eigenvalue weighted by molar-refractivity contribution is 7.21. The number of nitrogens with one attached hydrogen (secondary N) is 1. The molecule has 3 N–H and O–H groups in total. The van der Waals surface area contributed by atoms with Crippen LogP contribution in [0.15, 0.2) is 12.4 Å². The molecule has 1 amide bonds. The van der Waals surface area contributed by atoms with Gasteiger partial charge in [0.25, 0.3) is 5.91 Å². The van der Waals surface area contributed by atoms with Crippen LogP contribution in [-0.2, 0) is 0 Å². The van der Waals surface area contributed by atoms with Gasteiger partial charge in [0.15, 0.2) is 0 Å². The average molecular weight is 291 g/mol. The summed E-state index contributed by atoms with van der Waals surface area (Å²) in [6.45, 7) is 1.97. The predicted octanol–water partition coefficient (Wildman–Crippen LogP) is 1.10. The number of hydrogen-bond donors (Lipinski definition) is 2. The second kappa shape index (κ2) is 5.34. The zero-order chi connectivity index (χ0) is 14.1. The normalized spacial score (nSPS) is 20.1. The van der Waals surface area contributed by atoms with Gasteiger partial charge in [-0.05, 0) is 26.4 Å². The first kappa shape index (κ1) is 13.3. The lowest BCUT2D eigenvalue weighted by Crippen LogP contribution is -2.46. The molecular formula is C13H17N5OS. The van der Waals surface area contributed by atoms with E-state index in [1.165, 1.54) is 11.3 Å². The molecule has 0 aromatic carbocycles. The van der Waals surface area contributed by atoms with E-state index in [0.717, 1.165) is 25.9 Å². The fourth-order valence-electron chi connectivity index (χ4n) is 2.55. The van der Waals surface area contributed by atoms with E-state index < -0.39 is 0 Å². The Morgan fingerprint density at radius 2 is 2.30 bits per heavy atom. The van der Waals surface area contributed by atoms with Gasteiger partial charge < -0.3 is 16.0 Å². The van der Waals surface area contributed by atoms with Gasteiger partial charge in [-0.25, -0.2) is 9.97 Å². The van der Waals surface area contributed by atoms with Gasteiger partial charge in [0.2, 0.25) is 0 Å². The van der Waals surface area contributed by atoms with E-state index >= 15 is 0 Å². The molecule has 20 heavy (non-hydrogen) atoms. The summed E-state index contributed by atoms with van der Waals surface area (Å²) in [5, 5.41) is 3.06. The van der Waals surface area contributed by atoms with Crippen molar-refractivity contribution in [2.45, 2.75) is 18.9 Å². The molecule has 1 unspecified atom stereocenters. The van der Waals surface area contributed by atoms with Crippen molar-refractivity contribution in [1.82, 2.24) is 20.2 Å². The molecule has 2 aromatic heterocycles. The first-order valence-electron chi connectivity index (χ1n) is 6.63. The summed E-state index contributed by atoms with van der Waals surface area (Å²) in [7, 11) is 2.07. The Morgan fingerprint density at radius 3 is 3.05 bits per heavy atom. The Bertz CT molecular complexity index is 641. The van der Waals surface area contributed by atoms with Gasteiger partial charge in [-0.15, -0.1) is 11.3 Å². The number of carbonyl (C=O) groups excluding carboxylic acids is 1. The molecule has 0 saturated carbocycles. The summed E-state index contributed by atoms with van der Waals surface area (Å²) >= 11 is 1.30. The standard InChI is InChI=1S/C13H17N5OS/c1-18-6-2-3-8(7-18)17-12(19)11-9(14)10-13(20-11)16-5-4-15-10/h4-5,8H,2-3,6-7,14H2,1H3,(H,17,19). The number of aromatic nitrogens is 2. The average Bonchev–Trinajstić information content (AvgIpc) is 2.77. The minimum atomic E-state index is -0.118. The van der Waals surface area contributed by atoms with E-state index in [-0.39, 0.29) is 11.9 Å². The van der Waals surface area contributed by atoms with Crippen molar-refractivity contribution < 1.29 is 4.79 Å². The van der Waals surface area contributed by atoms with Crippen molar-refractivity contribution in [2.75, 3.05) is 25.9 Å². The first-order valence-corrected chi connectivity index (χ1v) is 7.45. The number of nitrogen functional groups attached to an aromatic ring is 1. The topological polar surface area (TPSA) is 84.1 Å². The van der Waals surface area contributed by atoms with Crippen LogP contribution in [0, 0.1) is 0 Å². The van der Waals surface area contributed by atoms with Crippen molar-refractivity contribution in [3.05, 3.63) is 17.3 Å². The van der Waals surface area contributed by atoms with Crippen LogP contribution in [-0.4, -0.2) is 47.0 Å². The molecule has 0 radical (unpaired) electrons. The number of likely N-dealkylation sites (N-methyl/N-ethyl adjacent to an activating group) is 1. The number of likely N-dealkylation sites (tertiary alicyclic amines) is 1. The van der Waals surface area contributed by atoms with E-state index in [4.69, 9.17) is 5.73 Å². The van der Waals surface area contributed by atoms with E-state index in [1.54, 1.807) is 12.4 Å². The molecule has 0 bridgehead atoms. The van der Waals surface area contributed by atoms with Gasteiger partial charge >= 0.3 is 0 Å². The quantitative estimate of drug-likeness (QED) is 0.865. The molecule has 1 saturated heterocycles. The monoisotopic (exact) mass is 291 g/mol. The van der Waals surface area contributed by atoms with Crippen LogP contribution in [0.3, 0.4) is 0 Å². The number of carbonyl (C=O) groups is 1. The van der Waals surface area contributed by atoms with Crippen LogP contribution >= 0.6 is 11.3 Å². The van der Waals surface area contributed by atoms with Crippen molar-refractivity contribution in [2.24, 2.45) is 0 Å². The van der Waals surface area contributed by atoms with Gasteiger partial charge in [0.05, 0.1) is 5.69 Å². The summed E-state index contributed by atoms with van der Waals surface area (Å²) in [5.74, 6) is -0.118. The summed E-state index contributed by atoms with van der Waals surface area (Å²) in [6.07, 6.45) is 5.31. The highest BCUT2D eigenvalue weighted by Gasteiger charge is 2.23. The van der Waals surface area contributed by atoms with Crippen LogP contribution in [0.4, 0.5) is 5.69 Å². The van der Waals surface area contributed by atoms with Crippen LogP contribution in [0.1, 0.15) is 22.5 Å². The van der Waals surface area contributed by atoms with Gasteiger partial charge in [0.1, 0.15) is 15.2 Å². The van der Waals surface area contributed by atoms with Crippen molar-refractivity contribution in [3.63, 3.8) is 0 Å². The van der Waals surface area contributed by atoms with Crippen LogP contribution in [0.2, 0.25) is 0 Å². The molecule has 7 heteroatoms. The number of nitrogens with zero attached hydrogens (tertiary/aromatic N) is 3. The Balaban J connectivity index is 1.80. The second-order valence-corrected chi connectivity index (χ2v) is 6.13. The van der Waals surface area contributed by atoms with E-state index in [0.29, 0.717) is 20.9 Å². The Hall–Kier alpha value is -1.73. The summed E-state index contributed by atoms with van der Waals surface area (Å²) < 4.78 is 0. The Kier molecular flexibility index (Phi) is 3.54. The van der Waals surface area contributed by atoms with Crippen molar-refractivity contribution >= 4 is 33.3 Å². The molecule has 1 fully saturated rings. The second-order valence-electron chi connectivity index (χ2n) is 5.13. The van der Waals surface area contributed by atoms with Gasteiger partial charge in [-0.2, -0.15) is 0 Å². The highest BCUT2D eigenvalue weighted by Crippen LogP contribution is 2.30. The lowest BCUT2D eigenvalue weighted by atomic mass is 10.1. The van der Waals surface area contributed by atoms with Crippen LogP contribution in [0.5, 0.6) is 0 Å². The number of rotatable bonds is 2. The number of piperidine rings is 1. The maximum atomic E-state index is 12.4. The summed E-state index contributed by atoms with van der Waals surface area (Å²) in [5.41, 5.74) is 7.05. The molecule has 1 aliphatic heterocycles. The molecule has 6 nitrogen and oxygen atoms in total. The lowest BCUT2D eigenvalue weighted by molar-refractivity contribution is 0.0917. The third-order valence-electron chi connectivity index (χ3n) is 3.53. The van der Waals surface area contributed by atoms with E-state index in [9.17, 15) is 4.79 Å². The summed E-state index contributed by atoms with van der Waals surface area (Å²) in [6, 6.07) is 0.187. The third-order valence-corrected chi connectivity index (χ3v) is 4.63. The molecule has 1 aliphatic rings. The Morgan fingerprint density at radius 1 is 1.50 bits per heavy atom. The third kappa shape index (κ3) is 2.46. The number of fused-ring (bicyclic) bond motifs is 1. The van der Waals surface area contributed by atoms with Crippen molar-refractivity contribution in [1.29, 1.82) is 0 Å². The molecule has 1 atom stereocenters. The molecular weight excluding hydrogens is 274 g/mol. The Labute approximate surface area is 121 Å². The maximum absolute atomic E-state index is 12.4. The first-order chi connectivity index (χ1) is 9.65. The zero-order valence-electron chi connectivity index (χ0n) is 11.3. The van der Waals surface area contributed by atoms with Gasteiger partial charge in [-0.3, -0.25) is 4.79 Å². The minimum Gasteiger partial charge on any atom is -0.396 e. The number of thiophene rings is 1. The fourth-order valence-corrected chi connectivity index (χ4v) is 3.47. The maximum Gasteiger partial charge on any atom is 0.263 e. The van der Waals surface area contributed by atoms with E-state index in [1.807, 2.05) is 0 Å². The molecule has 3 rings (SSSR count). The minimum absolute atomic E-state index is 0.118. The molecule has 106 valence electrons. The summed E-state index contributed by atoms with van der Waals surface area (Å²) in [4.78, 5) is 24.2. The molecule has 2 aromatic rings. The van der Waals surface area contributed by atoms with Gasteiger partial charge in [0, 0.05) is 25.0 Å². The fraction of sp³-hybridized carbons (Fsp3) is 0.462. The molecule has 0 aliphatic carbocycles. The zero-order valence-corrected chi connectivity index (χ0v) is 12.1. The van der Waals surface area contributed by atoms with Crippen LogP contribution < -0.4 is 11.1 Å². The smallest absolute Gasteiger partial charge is 0.263 e. The molecule has 3 heterocycles. The van der Waals surface area contributed by atoms with E-state index in [2.05, 4.69) is 27.2 Å². The lowest BCUT2D eigenvalue weighted by Gasteiger charge is -2.30. The van der Waals surface area contributed by atoms with Crippen LogP contribution in [0.25, 0.3) is 10.3 Å². The van der Waals surface area contributed by atoms with Gasteiger partial charge in [-0.1, -0.05) is 0 Å².